The third kappa shape index (κ3) is 4.72. The first-order valence-corrected chi connectivity index (χ1v) is 11.0. The lowest BCUT2D eigenvalue weighted by Gasteiger charge is -2.45. The second-order valence-corrected chi connectivity index (χ2v) is 8.88. The predicted octanol–water partition coefficient (Wildman–Crippen LogP) is 3.29. The number of benzene rings is 1. The SMILES string of the molecule is Cc1cccc(CN2CCN(CC(=O)N3CCCC4CCCCC43)CC2)c1. The van der Waals surface area contributed by atoms with E-state index in [9.17, 15) is 4.79 Å². The van der Waals surface area contributed by atoms with Crippen LogP contribution in [0.25, 0.3) is 0 Å². The number of hydrogen-bond acceptors (Lipinski definition) is 3. The van der Waals surface area contributed by atoms with Crippen LogP contribution in [0, 0.1) is 12.8 Å². The molecule has 0 spiro atoms. The Balaban J connectivity index is 1.25. The second-order valence-electron chi connectivity index (χ2n) is 8.88. The first-order chi connectivity index (χ1) is 13.2. The summed E-state index contributed by atoms with van der Waals surface area (Å²) >= 11 is 0. The highest BCUT2D eigenvalue weighted by atomic mass is 16.2. The van der Waals surface area contributed by atoms with Gasteiger partial charge in [0.05, 0.1) is 6.54 Å². The van der Waals surface area contributed by atoms with Crippen molar-refractivity contribution in [1.82, 2.24) is 14.7 Å². The van der Waals surface area contributed by atoms with Gasteiger partial charge in [-0.15, -0.1) is 0 Å². The van der Waals surface area contributed by atoms with Gasteiger partial charge in [0.25, 0.3) is 0 Å². The highest BCUT2D eigenvalue weighted by Gasteiger charge is 2.36. The van der Waals surface area contributed by atoms with E-state index in [4.69, 9.17) is 0 Å². The van der Waals surface area contributed by atoms with Crippen LogP contribution in [0.3, 0.4) is 0 Å². The van der Waals surface area contributed by atoms with Gasteiger partial charge in [0.15, 0.2) is 0 Å². The van der Waals surface area contributed by atoms with E-state index in [1.54, 1.807) is 0 Å². The Labute approximate surface area is 164 Å². The van der Waals surface area contributed by atoms with Gasteiger partial charge in [0, 0.05) is 45.3 Å². The van der Waals surface area contributed by atoms with Crippen LogP contribution in [0.4, 0.5) is 0 Å². The van der Waals surface area contributed by atoms with Crippen LogP contribution in [0.2, 0.25) is 0 Å². The Kier molecular flexibility index (Phi) is 6.14. The van der Waals surface area contributed by atoms with Crippen LogP contribution in [-0.4, -0.2) is 65.9 Å². The lowest BCUT2D eigenvalue weighted by atomic mass is 9.78. The molecule has 27 heavy (non-hydrogen) atoms. The minimum Gasteiger partial charge on any atom is -0.338 e. The van der Waals surface area contributed by atoms with Crippen molar-refractivity contribution in [3.63, 3.8) is 0 Å². The van der Waals surface area contributed by atoms with Gasteiger partial charge < -0.3 is 4.90 Å². The normalized spacial score (nSPS) is 27.4. The highest BCUT2D eigenvalue weighted by Crippen LogP contribution is 2.35. The van der Waals surface area contributed by atoms with Crippen molar-refractivity contribution in [3.05, 3.63) is 35.4 Å². The number of rotatable bonds is 4. The third-order valence-electron chi connectivity index (χ3n) is 6.88. The summed E-state index contributed by atoms with van der Waals surface area (Å²) in [6.45, 7) is 8.96. The van der Waals surface area contributed by atoms with Gasteiger partial charge in [-0.2, -0.15) is 0 Å². The van der Waals surface area contributed by atoms with Gasteiger partial charge >= 0.3 is 0 Å². The number of likely N-dealkylation sites (tertiary alicyclic amines) is 1. The average molecular weight is 370 g/mol. The maximum absolute atomic E-state index is 13.0. The molecule has 2 atom stereocenters. The maximum Gasteiger partial charge on any atom is 0.237 e. The van der Waals surface area contributed by atoms with Crippen molar-refractivity contribution < 1.29 is 4.79 Å². The van der Waals surface area contributed by atoms with Crippen LogP contribution in [0.1, 0.15) is 49.7 Å². The van der Waals surface area contributed by atoms with Gasteiger partial charge in [-0.1, -0.05) is 42.7 Å². The summed E-state index contributed by atoms with van der Waals surface area (Å²) in [6, 6.07) is 9.36. The number of fused-ring (bicyclic) bond motifs is 1. The first-order valence-electron chi connectivity index (χ1n) is 11.0. The van der Waals surface area contributed by atoms with E-state index in [0.717, 1.165) is 45.2 Å². The molecule has 1 amide bonds. The van der Waals surface area contributed by atoms with Crippen LogP contribution in [-0.2, 0) is 11.3 Å². The van der Waals surface area contributed by atoms with Crippen LogP contribution < -0.4 is 0 Å². The molecule has 0 radical (unpaired) electrons. The minimum absolute atomic E-state index is 0.388. The number of nitrogens with zero attached hydrogens (tertiary/aromatic N) is 3. The summed E-state index contributed by atoms with van der Waals surface area (Å²) in [4.78, 5) is 20.2. The maximum atomic E-state index is 13.0. The van der Waals surface area contributed by atoms with E-state index in [1.165, 1.54) is 49.7 Å². The van der Waals surface area contributed by atoms with Crippen LogP contribution >= 0.6 is 0 Å². The monoisotopic (exact) mass is 369 g/mol. The van der Waals surface area contributed by atoms with Gasteiger partial charge in [-0.05, 0) is 44.1 Å². The summed E-state index contributed by atoms with van der Waals surface area (Å²) in [5.41, 5.74) is 2.73. The van der Waals surface area contributed by atoms with Crippen molar-refractivity contribution in [3.8, 4) is 0 Å². The second kappa shape index (κ2) is 8.74. The Morgan fingerprint density at radius 3 is 2.52 bits per heavy atom. The van der Waals surface area contributed by atoms with Crippen molar-refractivity contribution >= 4 is 5.91 Å². The number of piperazine rings is 1. The van der Waals surface area contributed by atoms with Gasteiger partial charge in [-0.3, -0.25) is 14.6 Å². The lowest BCUT2D eigenvalue weighted by Crippen LogP contribution is -2.54. The zero-order chi connectivity index (χ0) is 18.6. The minimum atomic E-state index is 0.388. The molecular formula is C23H35N3O. The number of piperidine rings is 1. The van der Waals surface area contributed by atoms with E-state index in [0.29, 0.717) is 18.5 Å². The summed E-state index contributed by atoms with van der Waals surface area (Å²) in [6.07, 6.45) is 7.80. The number of carbonyl (C=O) groups excluding carboxylic acids is 1. The molecule has 4 rings (SSSR count). The largest absolute Gasteiger partial charge is 0.338 e. The molecule has 2 unspecified atom stereocenters. The van der Waals surface area contributed by atoms with E-state index in [1.807, 2.05) is 0 Å². The molecule has 148 valence electrons. The van der Waals surface area contributed by atoms with E-state index in [2.05, 4.69) is 45.9 Å². The van der Waals surface area contributed by atoms with E-state index < -0.39 is 0 Å². The molecule has 2 saturated heterocycles. The van der Waals surface area contributed by atoms with Crippen molar-refractivity contribution in [2.45, 2.75) is 58.0 Å². The topological polar surface area (TPSA) is 26.8 Å². The Bertz CT molecular complexity index is 636. The Hall–Kier alpha value is -1.39. The molecule has 4 nitrogen and oxygen atoms in total. The molecule has 4 heteroatoms. The average Bonchev–Trinajstić information content (AvgIpc) is 2.69. The fourth-order valence-electron chi connectivity index (χ4n) is 5.39. The summed E-state index contributed by atoms with van der Waals surface area (Å²) in [7, 11) is 0. The van der Waals surface area contributed by atoms with Crippen molar-refractivity contribution in [2.75, 3.05) is 39.3 Å². The standard InChI is InChI=1S/C23H35N3O/c1-19-6-4-7-20(16-19)17-24-12-14-25(15-13-24)18-23(27)26-11-5-9-21-8-2-3-10-22(21)26/h4,6-7,16,21-22H,2-3,5,8-15,17-18H2,1H3. The number of carbonyl (C=O) groups is 1. The summed E-state index contributed by atoms with van der Waals surface area (Å²) in [5.74, 6) is 1.17. The quantitative estimate of drug-likeness (QED) is 0.815. The zero-order valence-electron chi connectivity index (χ0n) is 16.9. The number of aryl methyl sites for hydroxylation is 1. The first kappa shape index (κ1) is 18.9. The molecule has 2 aliphatic heterocycles. The molecule has 0 aromatic heterocycles. The van der Waals surface area contributed by atoms with Gasteiger partial charge in [-0.25, -0.2) is 0 Å². The predicted molar refractivity (Wildman–Crippen MR) is 110 cm³/mol. The Morgan fingerprint density at radius 2 is 1.70 bits per heavy atom. The molecule has 2 heterocycles. The molecule has 0 N–H and O–H groups in total. The van der Waals surface area contributed by atoms with Crippen LogP contribution in [0.15, 0.2) is 24.3 Å². The Morgan fingerprint density at radius 1 is 0.963 bits per heavy atom. The number of hydrogen-bond donors (Lipinski definition) is 0. The lowest BCUT2D eigenvalue weighted by molar-refractivity contribution is -0.139. The summed E-state index contributed by atoms with van der Waals surface area (Å²) < 4.78 is 0. The molecule has 3 fully saturated rings. The van der Waals surface area contributed by atoms with Crippen molar-refractivity contribution in [2.24, 2.45) is 5.92 Å². The molecule has 1 saturated carbocycles. The molecule has 1 aromatic rings. The molecule has 0 bridgehead atoms. The molecule has 1 aromatic carbocycles. The van der Waals surface area contributed by atoms with Crippen LogP contribution in [0.5, 0.6) is 0 Å². The van der Waals surface area contributed by atoms with E-state index in [-0.39, 0.29) is 0 Å². The number of amides is 1. The van der Waals surface area contributed by atoms with Gasteiger partial charge in [0.1, 0.15) is 0 Å². The molecular weight excluding hydrogens is 334 g/mol. The van der Waals surface area contributed by atoms with Gasteiger partial charge in [0.2, 0.25) is 5.91 Å². The molecule has 3 aliphatic rings. The fourth-order valence-corrected chi connectivity index (χ4v) is 5.39. The van der Waals surface area contributed by atoms with E-state index >= 15 is 0 Å². The van der Waals surface area contributed by atoms with Crippen molar-refractivity contribution in [1.29, 1.82) is 0 Å². The third-order valence-corrected chi connectivity index (χ3v) is 6.88. The highest BCUT2D eigenvalue weighted by molar-refractivity contribution is 5.78. The zero-order valence-corrected chi connectivity index (χ0v) is 16.9. The summed E-state index contributed by atoms with van der Waals surface area (Å²) in [5, 5.41) is 0. The fraction of sp³-hybridized carbons (Fsp3) is 0.696. The molecule has 1 aliphatic carbocycles. The smallest absolute Gasteiger partial charge is 0.237 e.